The molecule has 0 fully saturated rings. The van der Waals surface area contributed by atoms with E-state index in [1.54, 1.807) is 5.57 Å². The molecule has 0 nitrogen and oxygen atoms in total. The fraction of sp³-hybridized carbons (Fsp3) is 0.889. The molecule has 0 aliphatic carbocycles. The molecule has 0 aliphatic heterocycles. The van der Waals surface area contributed by atoms with E-state index in [-0.39, 0.29) is 0 Å². The van der Waals surface area contributed by atoms with Crippen molar-refractivity contribution in [2.75, 3.05) is 0 Å². The summed E-state index contributed by atoms with van der Waals surface area (Å²) in [5, 5.41) is 0. The van der Waals surface area contributed by atoms with E-state index in [9.17, 15) is 0 Å². The average Bonchev–Trinajstić information content (AvgIpc) is 2.22. The maximum atomic E-state index is 2.53. The van der Waals surface area contributed by atoms with Gasteiger partial charge in [-0.25, -0.2) is 0 Å². The number of hydrogen-bond acceptors (Lipinski definition) is 0. The summed E-state index contributed by atoms with van der Waals surface area (Å²) in [5.41, 5.74) is 1.68. The molecule has 0 aliphatic rings. The first-order valence-corrected chi connectivity index (χ1v) is 8.05. The molecule has 108 valence electrons. The zero-order chi connectivity index (χ0) is 14.1. The third-order valence-electron chi connectivity index (χ3n) is 3.81. The molecular formula is C18H36. The van der Waals surface area contributed by atoms with Crippen LogP contribution in [-0.4, -0.2) is 0 Å². The first kappa shape index (κ1) is 17.7. The lowest BCUT2D eigenvalue weighted by Gasteiger charge is -2.18. The largest absolute Gasteiger partial charge is 0.0851 e. The Hall–Kier alpha value is -0.260. The first-order valence-electron chi connectivity index (χ1n) is 8.05. The van der Waals surface area contributed by atoms with Crippen molar-refractivity contribution in [2.24, 2.45) is 23.7 Å². The predicted molar refractivity (Wildman–Crippen MR) is 84.8 cm³/mol. The Morgan fingerprint density at radius 2 is 1.44 bits per heavy atom. The highest BCUT2D eigenvalue weighted by Gasteiger charge is 2.09. The summed E-state index contributed by atoms with van der Waals surface area (Å²) in [6.45, 7) is 16.4. The lowest BCUT2D eigenvalue weighted by molar-refractivity contribution is 0.416. The molecule has 0 saturated carbocycles. The molecule has 0 heteroatoms. The Bertz CT molecular complexity index is 222. The second kappa shape index (κ2) is 9.64. The van der Waals surface area contributed by atoms with Crippen molar-refractivity contribution in [1.82, 2.24) is 0 Å². The Morgan fingerprint density at radius 3 is 1.89 bits per heavy atom. The van der Waals surface area contributed by atoms with Crippen LogP contribution in [-0.2, 0) is 0 Å². The molecule has 0 aromatic rings. The van der Waals surface area contributed by atoms with Crippen LogP contribution in [0.5, 0.6) is 0 Å². The molecule has 0 saturated heterocycles. The van der Waals surface area contributed by atoms with Crippen molar-refractivity contribution in [3.8, 4) is 0 Å². The molecule has 0 aromatic heterocycles. The molecule has 0 aromatic carbocycles. The minimum absolute atomic E-state index is 0.774. The Morgan fingerprint density at radius 1 is 0.889 bits per heavy atom. The monoisotopic (exact) mass is 252 g/mol. The predicted octanol–water partition coefficient (Wildman–Crippen LogP) is 6.47. The molecule has 0 radical (unpaired) electrons. The quantitative estimate of drug-likeness (QED) is 0.413. The van der Waals surface area contributed by atoms with Crippen molar-refractivity contribution in [3.05, 3.63) is 11.6 Å². The van der Waals surface area contributed by atoms with Crippen LogP contribution in [0.4, 0.5) is 0 Å². The summed E-state index contributed by atoms with van der Waals surface area (Å²) in [6, 6.07) is 0. The Labute approximate surface area is 116 Å². The summed E-state index contributed by atoms with van der Waals surface area (Å²) >= 11 is 0. The third kappa shape index (κ3) is 8.78. The molecule has 0 rings (SSSR count). The summed E-state index contributed by atoms with van der Waals surface area (Å²) in [4.78, 5) is 0. The average molecular weight is 252 g/mol. The SMILES string of the molecule is CC/C(=C\CCC(C)CC(C)C)C(C)CC(C)C. The second-order valence-corrected chi connectivity index (χ2v) is 6.98. The van der Waals surface area contributed by atoms with Crippen LogP contribution in [0.1, 0.15) is 80.6 Å². The van der Waals surface area contributed by atoms with E-state index in [2.05, 4.69) is 54.5 Å². The molecule has 18 heavy (non-hydrogen) atoms. The third-order valence-corrected chi connectivity index (χ3v) is 3.81. The van der Waals surface area contributed by atoms with E-state index in [0.29, 0.717) is 0 Å². The maximum absolute atomic E-state index is 2.53. The number of rotatable bonds is 9. The minimum Gasteiger partial charge on any atom is -0.0851 e. The molecule has 0 N–H and O–H groups in total. The molecule has 2 atom stereocenters. The van der Waals surface area contributed by atoms with Gasteiger partial charge in [0.15, 0.2) is 0 Å². The lowest BCUT2D eigenvalue weighted by atomic mass is 9.88. The summed E-state index contributed by atoms with van der Waals surface area (Å²) in [5.74, 6) is 3.31. The van der Waals surface area contributed by atoms with Gasteiger partial charge >= 0.3 is 0 Å². The molecular weight excluding hydrogens is 216 g/mol. The summed E-state index contributed by atoms with van der Waals surface area (Å²) in [6.07, 6.45) is 9.10. The van der Waals surface area contributed by atoms with E-state index in [0.717, 1.165) is 23.7 Å². The fourth-order valence-electron chi connectivity index (χ4n) is 3.03. The van der Waals surface area contributed by atoms with Gasteiger partial charge in [-0.15, -0.1) is 0 Å². The van der Waals surface area contributed by atoms with Crippen molar-refractivity contribution in [3.63, 3.8) is 0 Å². The summed E-state index contributed by atoms with van der Waals surface area (Å²) in [7, 11) is 0. The zero-order valence-corrected chi connectivity index (χ0v) is 13.9. The van der Waals surface area contributed by atoms with Gasteiger partial charge in [0.25, 0.3) is 0 Å². The van der Waals surface area contributed by atoms with Crippen molar-refractivity contribution >= 4 is 0 Å². The van der Waals surface area contributed by atoms with E-state index >= 15 is 0 Å². The van der Waals surface area contributed by atoms with Gasteiger partial charge in [-0.05, 0) is 55.8 Å². The van der Waals surface area contributed by atoms with Gasteiger partial charge < -0.3 is 0 Å². The zero-order valence-electron chi connectivity index (χ0n) is 13.9. The maximum Gasteiger partial charge on any atom is -0.0229 e. The van der Waals surface area contributed by atoms with E-state index < -0.39 is 0 Å². The topological polar surface area (TPSA) is 0 Å². The van der Waals surface area contributed by atoms with Crippen molar-refractivity contribution in [2.45, 2.75) is 80.6 Å². The van der Waals surface area contributed by atoms with Gasteiger partial charge in [0, 0.05) is 0 Å². The highest BCUT2D eigenvalue weighted by molar-refractivity contribution is 5.05. The molecule has 0 spiro atoms. The second-order valence-electron chi connectivity index (χ2n) is 6.98. The van der Waals surface area contributed by atoms with Gasteiger partial charge in [0.1, 0.15) is 0 Å². The van der Waals surface area contributed by atoms with Crippen molar-refractivity contribution in [1.29, 1.82) is 0 Å². The van der Waals surface area contributed by atoms with Gasteiger partial charge in [0.2, 0.25) is 0 Å². The van der Waals surface area contributed by atoms with Crippen LogP contribution in [0, 0.1) is 23.7 Å². The van der Waals surface area contributed by atoms with Gasteiger partial charge in [-0.1, -0.05) is 60.1 Å². The smallest absolute Gasteiger partial charge is 0.0229 e. The van der Waals surface area contributed by atoms with E-state index in [4.69, 9.17) is 0 Å². The number of allylic oxidation sites excluding steroid dienone is 2. The molecule has 2 unspecified atom stereocenters. The van der Waals surface area contributed by atoms with E-state index in [1.807, 2.05) is 0 Å². The Balaban J connectivity index is 4.11. The lowest BCUT2D eigenvalue weighted by Crippen LogP contribution is -2.04. The first-order chi connectivity index (χ1) is 8.36. The van der Waals surface area contributed by atoms with Crippen LogP contribution in [0.25, 0.3) is 0 Å². The van der Waals surface area contributed by atoms with Crippen LogP contribution in [0.2, 0.25) is 0 Å². The van der Waals surface area contributed by atoms with Crippen LogP contribution < -0.4 is 0 Å². The normalized spacial score (nSPS) is 16.4. The highest BCUT2D eigenvalue weighted by atomic mass is 14.2. The van der Waals surface area contributed by atoms with Crippen LogP contribution in [0.15, 0.2) is 11.6 Å². The minimum atomic E-state index is 0.774. The Kier molecular flexibility index (Phi) is 9.50. The van der Waals surface area contributed by atoms with Crippen LogP contribution >= 0.6 is 0 Å². The van der Waals surface area contributed by atoms with Crippen LogP contribution in [0.3, 0.4) is 0 Å². The summed E-state index contributed by atoms with van der Waals surface area (Å²) < 4.78 is 0. The molecule has 0 heterocycles. The van der Waals surface area contributed by atoms with Gasteiger partial charge in [0.05, 0.1) is 0 Å². The highest BCUT2D eigenvalue weighted by Crippen LogP contribution is 2.24. The standard InChI is InChI=1S/C18H36/c1-8-18(17(7)13-15(4)5)11-9-10-16(6)12-14(2)3/h11,14-17H,8-10,12-13H2,1-7H3/b18-11+. The van der Waals surface area contributed by atoms with Gasteiger partial charge in [-0.2, -0.15) is 0 Å². The molecule has 0 bridgehead atoms. The van der Waals surface area contributed by atoms with Gasteiger partial charge in [-0.3, -0.25) is 0 Å². The fourth-order valence-corrected chi connectivity index (χ4v) is 3.03. The number of hydrogen-bond donors (Lipinski definition) is 0. The van der Waals surface area contributed by atoms with Crippen molar-refractivity contribution < 1.29 is 0 Å². The van der Waals surface area contributed by atoms with E-state index in [1.165, 1.54) is 32.1 Å². The molecule has 0 amide bonds.